The largest absolute Gasteiger partial charge is 0.496 e. The number of benzene rings is 1. The van der Waals surface area contributed by atoms with Crippen molar-refractivity contribution >= 4 is 28.3 Å². The smallest absolute Gasteiger partial charge is 0.133 e. The van der Waals surface area contributed by atoms with E-state index in [9.17, 15) is 0 Å². The molecule has 0 heterocycles. The Bertz CT molecular complexity index is 410. The summed E-state index contributed by atoms with van der Waals surface area (Å²) in [6, 6.07) is 3.94. The Labute approximate surface area is 123 Å². The molecule has 2 rings (SSSR count). The lowest BCUT2D eigenvalue weighted by Gasteiger charge is -2.32. The highest BCUT2D eigenvalue weighted by Gasteiger charge is 2.28. The third kappa shape index (κ3) is 2.92. The Hall–Kier alpha value is -0.450. The highest BCUT2D eigenvalue weighted by atomic mass is 79.9. The number of rotatable bonds is 4. The van der Waals surface area contributed by atoms with Crippen molar-refractivity contribution in [3.8, 4) is 11.5 Å². The van der Waals surface area contributed by atoms with Gasteiger partial charge in [-0.15, -0.1) is 12.4 Å². The van der Waals surface area contributed by atoms with E-state index in [1.807, 2.05) is 12.1 Å². The minimum absolute atomic E-state index is 0. The van der Waals surface area contributed by atoms with Gasteiger partial charge in [-0.05, 0) is 46.8 Å². The van der Waals surface area contributed by atoms with Gasteiger partial charge in [-0.1, -0.05) is 6.42 Å². The molecule has 1 fully saturated rings. The van der Waals surface area contributed by atoms with Gasteiger partial charge in [0.15, 0.2) is 0 Å². The van der Waals surface area contributed by atoms with Crippen LogP contribution in [0.4, 0.5) is 0 Å². The second-order valence-electron chi connectivity index (χ2n) is 4.45. The first-order valence-electron chi connectivity index (χ1n) is 5.84. The molecule has 0 radical (unpaired) electrons. The van der Waals surface area contributed by atoms with E-state index >= 15 is 0 Å². The molecule has 2 N–H and O–H groups in total. The molecule has 1 saturated carbocycles. The zero-order valence-electron chi connectivity index (χ0n) is 10.6. The fourth-order valence-electron chi connectivity index (χ4n) is 2.20. The van der Waals surface area contributed by atoms with Crippen molar-refractivity contribution in [3.63, 3.8) is 0 Å². The first-order valence-corrected chi connectivity index (χ1v) is 6.63. The van der Waals surface area contributed by atoms with Crippen LogP contribution in [0.2, 0.25) is 0 Å². The van der Waals surface area contributed by atoms with E-state index in [0.717, 1.165) is 21.5 Å². The van der Waals surface area contributed by atoms with Crippen molar-refractivity contribution in [1.29, 1.82) is 0 Å². The molecule has 0 aromatic heterocycles. The third-order valence-electron chi connectivity index (χ3n) is 3.52. The summed E-state index contributed by atoms with van der Waals surface area (Å²) in [5.74, 6) is 2.21. The van der Waals surface area contributed by atoms with E-state index < -0.39 is 0 Å². The summed E-state index contributed by atoms with van der Waals surface area (Å²) in [5, 5.41) is 0. The van der Waals surface area contributed by atoms with E-state index in [-0.39, 0.29) is 18.4 Å². The molecule has 0 aliphatic heterocycles. The van der Waals surface area contributed by atoms with Crippen LogP contribution in [0.15, 0.2) is 16.6 Å². The van der Waals surface area contributed by atoms with Crippen molar-refractivity contribution in [2.24, 2.45) is 11.7 Å². The average molecular weight is 337 g/mol. The molecular formula is C13H19BrClNO2. The van der Waals surface area contributed by atoms with Crippen LogP contribution in [-0.2, 0) is 0 Å². The quantitative estimate of drug-likeness (QED) is 0.912. The lowest BCUT2D eigenvalue weighted by Crippen LogP contribution is -2.27. The molecule has 102 valence electrons. The fraction of sp³-hybridized carbons (Fsp3) is 0.538. The summed E-state index contributed by atoms with van der Waals surface area (Å²) in [6.07, 6.45) is 3.71. The number of nitrogens with two attached hydrogens (primary N) is 1. The Kier molecular flexibility index (Phi) is 5.76. The van der Waals surface area contributed by atoms with E-state index in [1.165, 1.54) is 19.3 Å². The predicted molar refractivity (Wildman–Crippen MR) is 78.8 cm³/mol. The Morgan fingerprint density at radius 1 is 1.22 bits per heavy atom. The summed E-state index contributed by atoms with van der Waals surface area (Å²) in [6.45, 7) is 0. The summed E-state index contributed by atoms with van der Waals surface area (Å²) >= 11 is 3.45. The summed E-state index contributed by atoms with van der Waals surface area (Å²) in [7, 11) is 3.33. The maximum absolute atomic E-state index is 6.30. The second kappa shape index (κ2) is 6.64. The zero-order chi connectivity index (χ0) is 12.4. The predicted octanol–water partition coefficient (Wildman–Crippen LogP) is 3.69. The molecule has 1 atom stereocenters. The van der Waals surface area contributed by atoms with Crippen LogP contribution in [0.5, 0.6) is 11.5 Å². The molecule has 18 heavy (non-hydrogen) atoms. The molecule has 3 nitrogen and oxygen atoms in total. The van der Waals surface area contributed by atoms with Gasteiger partial charge in [0.1, 0.15) is 11.5 Å². The highest BCUT2D eigenvalue weighted by molar-refractivity contribution is 9.10. The van der Waals surface area contributed by atoms with Gasteiger partial charge in [0.05, 0.1) is 18.7 Å². The number of ether oxygens (including phenoxy) is 2. The second-order valence-corrected chi connectivity index (χ2v) is 5.30. The summed E-state index contributed by atoms with van der Waals surface area (Å²) in [5.41, 5.74) is 7.34. The van der Waals surface area contributed by atoms with Crippen LogP contribution in [0, 0.1) is 5.92 Å². The molecule has 0 saturated heterocycles. The van der Waals surface area contributed by atoms with Crippen molar-refractivity contribution in [2.75, 3.05) is 14.2 Å². The van der Waals surface area contributed by atoms with Gasteiger partial charge in [0.25, 0.3) is 0 Å². The molecule has 0 spiro atoms. The van der Waals surface area contributed by atoms with Gasteiger partial charge in [0.2, 0.25) is 0 Å². The monoisotopic (exact) mass is 335 g/mol. The lowest BCUT2D eigenvalue weighted by molar-refractivity contribution is 0.259. The minimum atomic E-state index is 0. The Morgan fingerprint density at radius 2 is 1.83 bits per heavy atom. The molecular weight excluding hydrogens is 318 g/mol. The first kappa shape index (κ1) is 15.6. The van der Waals surface area contributed by atoms with Crippen molar-refractivity contribution in [1.82, 2.24) is 0 Å². The fourth-order valence-corrected chi connectivity index (χ4v) is 2.68. The number of hydrogen-bond donors (Lipinski definition) is 1. The molecule has 1 aromatic carbocycles. The first-order chi connectivity index (χ1) is 8.17. The highest BCUT2D eigenvalue weighted by Crippen LogP contribution is 2.42. The van der Waals surface area contributed by atoms with Gasteiger partial charge < -0.3 is 15.2 Å². The van der Waals surface area contributed by atoms with Crippen LogP contribution in [0.1, 0.15) is 30.9 Å². The summed E-state index contributed by atoms with van der Waals surface area (Å²) < 4.78 is 11.6. The van der Waals surface area contributed by atoms with Gasteiger partial charge >= 0.3 is 0 Å². The molecule has 1 aliphatic carbocycles. The maximum atomic E-state index is 6.30. The lowest BCUT2D eigenvalue weighted by atomic mass is 9.77. The number of halogens is 2. The van der Waals surface area contributed by atoms with Crippen molar-refractivity contribution < 1.29 is 9.47 Å². The molecule has 1 aliphatic rings. The van der Waals surface area contributed by atoms with E-state index in [2.05, 4.69) is 15.9 Å². The van der Waals surface area contributed by atoms with Gasteiger partial charge in [-0.2, -0.15) is 0 Å². The number of hydrogen-bond acceptors (Lipinski definition) is 3. The maximum Gasteiger partial charge on any atom is 0.133 e. The SMILES string of the molecule is COc1cc([C@H](N)C2CCC2)c(OC)cc1Br.Cl. The van der Waals surface area contributed by atoms with Crippen molar-refractivity contribution in [2.45, 2.75) is 25.3 Å². The minimum Gasteiger partial charge on any atom is -0.496 e. The normalized spacial score (nSPS) is 16.4. The van der Waals surface area contributed by atoms with Gasteiger partial charge in [-0.25, -0.2) is 0 Å². The molecule has 0 amide bonds. The van der Waals surface area contributed by atoms with Gasteiger partial charge in [-0.3, -0.25) is 0 Å². The van der Waals surface area contributed by atoms with Crippen molar-refractivity contribution in [3.05, 3.63) is 22.2 Å². The average Bonchev–Trinajstić information content (AvgIpc) is 2.26. The third-order valence-corrected chi connectivity index (χ3v) is 4.14. The van der Waals surface area contributed by atoms with Crippen LogP contribution < -0.4 is 15.2 Å². The Morgan fingerprint density at radius 3 is 2.28 bits per heavy atom. The number of methoxy groups -OCH3 is 2. The van der Waals surface area contributed by atoms with Crippen LogP contribution in [-0.4, -0.2) is 14.2 Å². The van der Waals surface area contributed by atoms with Crippen LogP contribution in [0.25, 0.3) is 0 Å². The molecule has 0 unspecified atom stereocenters. The molecule has 5 heteroatoms. The van der Waals surface area contributed by atoms with E-state index in [0.29, 0.717) is 5.92 Å². The summed E-state index contributed by atoms with van der Waals surface area (Å²) in [4.78, 5) is 0. The van der Waals surface area contributed by atoms with E-state index in [1.54, 1.807) is 14.2 Å². The zero-order valence-corrected chi connectivity index (χ0v) is 13.0. The molecule has 0 bridgehead atoms. The van der Waals surface area contributed by atoms with Crippen LogP contribution >= 0.6 is 28.3 Å². The van der Waals surface area contributed by atoms with Crippen LogP contribution in [0.3, 0.4) is 0 Å². The topological polar surface area (TPSA) is 44.5 Å². The van der Waals surface area contributed by atoms with Gasteiger partial charge in [0, 0.05) is 11.6 Å². The molecule has 1 aromatic rings. The Balaban J connectivity index is 0.00000162. The standard InChI is InChI=1S/C13H18BrNO2.ClH/c1-16-11-7-10(14)12(17-2)6-9(11)13(15)8-4-3-5-8;/h6-8,13H,3-5,15H2,1-2H3;1H/t13-;/m1./s1. The van der Waals surface area contributed by atoms with E-state index in [4.69, 9.17) is 15.2 Å².